The second kappa shape index (κ2) is 7.18. The molecular formula is C13H22N2O3. The van der Waals surface area contributed by atoms with Gasteiger partial charge in [-0.05, 0) is 26.5 Å². The van der Waals surface area contributed by atoms with E-state index in [1.165, 1.54) is 6.26 Å². The normalized spacial score (nSPS) is 12.9. The molecule has 0 aliphatic rings. The van der Waals surface area contributed by atoms with Gasteiger partial charge in [-0.15, -0.1) is 0 Å². The van der Waals surface area contributed by atoms with E-state index >= 15 is 0 Å². The maximum absolute atomic E-state index is 10.7. The molecule has 0 spiro atoms. The van der Waals surface area contributed by atoms with Gasteiger partial charge < -0.3 is 19.7 Å². The molecule has 0 bridgehead atoms. The molecule has 0 saturated carbocycles. The van der Waals surface area contributed by atoms with Crippen molar-refractivity contribution in [1.82, 2.24) is 10.2 Å². The zero-order valence-electron chi connectivity index (χ0n) is 11.3. The van der Waals surface area contributed by atoms with Crippen molar-refractivity contribution in [2.24, 2.45) is 0 Å². The summed E-state index contributed by atoms with van der Waals surface area (Å²) >= 11 is 0. The number of rotatable bonds is 8. The molecule has 1 aromatic heterocycles. The summed E-state index contributed by atoms with van der Waals surface area (Å²) in [4.78, 5) is 12.9. The molecule has 102 valence electrons. The van der Waals surface area contributed by atoms with Crippen LogP contribution in [0, 0.1) is 0 Å². The summed E-state index contributed by atoms with van der Waals surface area (Å²) in [5.41, 5.74) is 0.198. The Labute approximate surface area is 108 Å². The molecule has 0 amide bonds. The molecular weight excluding hydrogens is 232 g/mol. The van der Waals surface area contributed by atoms with Crippen LogP contribution in [-0.4, -0.2) is 42.2 Å². The first-order valence-electron chi connectivity index (χ1n) is 6.26. The number of hydrogen-bond donors (Lipinski definition) is 2. The maximum atomic E-state index is 10.7. The van der Waals surface area contributed by atoms with Crippen molar-refractivity contribution >= 4 is 5.97 Å². The zero-order chi connectivity index (χ0) is 13.5. The highest BCUT2D eigenvalue weighted by atomic mass is 16.4. The monoisotopic (exact) mass is 254 g/mol. The number of carboxylic acid groups (broad SMARTS) is 1. The standard InChI is InChI=1S/C13H22N2O3/c1-4-10(2)15(3)6-5-14-8-12-7-11(9-18-12)13(16)17/h7,9-10,14H,4-6,8H2,1-3H3,(H,16,17). The van der Waals surface area contributed by atoms with Gasteiger partial charge in [0.1, 0.15) is 12.0 Å². The summed E-state index contributed by atoms with van der Waals surface area (Å²) in [6.45, 7) is 6.74. The summed E-state index contributed by atoms with van der Waals surface area (Å²) in [5, 5.41) is 12.0. The highest BCUT2D eigenvalue weighted by molar-refractivity contribution is 5.87. The number of nitrogens with zero attached hydrogens (tertiary/aromatic N) is 1. The summed E-state index contributed by atoms with van der Waals surface area (Å²) in [5.74, 6) is -0.305. The molecule has 1 unspecified atom stereocenters. The number of carboxylic acids is 1. The second-order valence-electron chi connectivity index (χ2n) is 4.52. The van der Waals surface area contributed by atoms with Crippen LogP contribution in [0.2, 0.25) is 0 Å². The number of likely N-dealkylation sites (N-methyl/N-ethyl adjacent to an activating group) is 1. The molecule has 1 rings (SSSR count). The van der Waals surface area contributed by atoms with Gasteiger partial charge in [-0.1, -0.05) is 6.92 Å². The summed E-state index contributed by atoms with van der Waals surface area (Å²) < 4.78 is 5.14. The molecule has 18 heavy (non-hydrogen) atoms. The van der Waals surface area contributed by atoms with Crippen LogP contribution in [0.15, 0.2) is 16.7 Å². The maximum Gasteiger partial charge on any atom is 0.338 e. The van der Waals surface area contributed by atoms with Gasteiger partial charge in [-0.2, -0.15) is 0 Å². The van der Waals surface area contributed by atoms with Gasteiger partial charge in [0.2, 0.25) is 0 Å². The molecule has 0 radical (unpaired) electrons. The van der Waals surface area contributed by atoms with Crippen LogP contribution in [0.25, 0.3) is 0 Å². The van der Waals surface area contributed by atoms with E-state index in [4.69, 9.17) is 9.52 Å². The minimum absolute atomic E-state index is 0.198. The van der Waals surface area contributed by atoms with Crippen molar-refractivity contribution in [3.05, 3.63) is 23.7 Å². The molecule has 5 heteroatoms. The fraction of sp³-hybridized carbons (Fsp3) is 0.615. The first kappa shape index (κ1) is 14.7. The van der Waals surface area contributed by atoms with Crippen molar-refractivity contribution in [2.45, 2.75) is 32.9 Å². The number of aromatic carboxylic acids is 1. The number of furan rings is 1. The van der Waals surface area contributed by atoms with Crippen LogP contribution < -0.4 is 5.32 Å². The lowest BCUT2D eigenvalue weighted by Crippen LogP contribution is -2.34. The molecule has 2 N–H and O–H groups in total. The topological polar surface area (TPSA) is 65.7 Å². The van der Waals surface area contributed by atoms with Crippen molar-refractivity contribution < 1.29 is 14.3 Å². The van der Waals surface area contributed by atoms with E-state index in [-0.39, 0.29) is 5.56 Å². The third kappa shape index (κ3) is 4.50. The van der Waals surface area contributed by atoms with Gasteiger partial charge >= 0.3 is 5.97 Å². The molecule has 0 fully saturated rings. The third-order valence-corrected chi connectivity index (χ3v) is 3.18. The molecule has 0 aliphatic carbocycles. The Morgan fingerprint density at radius 3 is 2.89 bits per heavy atom. The van der Waals surface area contributed by atoms with Crippen LogP contribution in [0.4, 0.5) is 0 Å². The SMILES string of the molecule is CCC(C)N(C)CCNCc1cc(C(=O)O)co1. The Morgan fingerprint density at radius 1 is 1.61 bits per heavy atom. The largest absolute Gasteiger partial charge is 0.478 e. The quantitative estimate of drug-likeness (QED) is 0.692. The van der Waals surface area contributed by atoms with Crippen LogP contribution in [0.1, 0.15) is 36.4 Å². The number of nitrogens with one attached hydrogen (secondary N) is 1. The van der Waals surface area contributed by atoms with E-state index in [2.05, 4.69) is 31.1 Å². The van der Waals surface area contributed by atoms with Crippen molar-refractivity contribution in [3.63, 3.8) is 0 Å². The highest BCUT2D eigenvalue weighted by Gasteiger charge is 2.08. The fourth-order valence-electron chi connectivity index (χ4n) is 1.58. The van der Waals surface area contributed by atoms with Crippen LogP contribution in [0.3, 0.4) is 0 Å². The second-order valence-corrected chi connectivity index (χ2v) is 4.52. The van der Waals surface area contributed by atoms with Crippen LogP contribution >= 0.6 is 0 Å². The zero-order valence-corrected chi connectivity index (χ0v) is 11.3. The van der Waals surface area contributed by atoms with E-state index < -0.39 is 5.97 Å². The average Bonchev–Trinajstić information content (AvgIpc) is 2.82. The van der Waals surface area contributed by atoms with E-state index in [9.17, 15) is 4.79 Å². The number of carbonyl (C=O) groups is 1. The molecule has 5 nitrogen and oxygen atoms in total. The molecule has 0 aromatic carbocycles. The predicted octanol–water partition coefficient (Wildman–Crippen LogP) is 1.80. The number of hydrogen-bond acceptors (Lipinski definition) is 4. The van der Waals surface area contributed by atoms with Gasteiger partial charge in [0, 0.05) is 19.1 Å². The van der Waals surface area contributed by atoms with Crippen molar-refractivity contribution in [1.29, 1.82) is 0 Å². The van der Waals surface area contributed by atoms with Crippen molar-refractivity contribution in [2.75, 3.05) is 20.1 Å². The van der Waals surface area contributed by atoms with Crippen LogP contribution in [-0.2, 0) is 6.54 Å². The Morgan fingerprint density at radius 2 is 2.33 bits per heavy atom. The average molecular weight is 254 g/mol. The summed E-state index contributed by atoms with van der Waals surface area (Å²) in [6.07, 6.45) is 2.40. The van der Waals surface area contributed by atoms with E-state index in [0.29, 0.717) is 18.3 Å². The Balaban J connectivity index is 2.23. The lowest BCUT2D eigenvalue weighted by molar-refractivity contribution is 0.0696. The molecule has 0 aliphatic heterocycles. The van der Waals surface area contributed by atoms with Gasteiger partial charge in [0.15, 0.2) is 0 Å². The van der Waals surface area contributed by atoms with E-state index in [1.807, 2.05) is 0 Å². The summed E-state index contributed by atoms with van der Waals surface area (Å²) in [7, 11) is 2.10. The van der Waals surface area contributed by atoms with E-state index in [0.717, 1.165) is 19.5 Å². The molecule has 1 heterocycles. The van der Waals surface area contributed by atoms with Gasteiger partial charge in [-0.25, -0.2) is 4.79 Å². The predicted molar refractivity (Wildman–Crippen MR) is 69.8 cm³/mol. The minimum Gasteiger partial charge on any atom is -0.478 e. The van der Waals surface area contributed by atoms with Crippen LogP contribution in [0.5, 0.6) is 0 Å². The van der Waals surface area contributed by atoms with E-state index in [1.54, 1.807) is 6.07 Å². The molecule has 1 atom stereocenters. The van der Waals surface area contributed by atoms with Gasteiger partial charge in [0.05, 0.1) is 12.1 Å². The Hall–Kier alpha value is -1.33. The highest BCUT2D eigenvalue weighted by Crippen LogP contribution is 2.07. The third-order valence-electron chi connectivity index (χ3n) is 3.18. The lowest BCUT2D eigenvalue weighted by Gasteiger charge is -2.23. The Kier molecular flexibility index (Phi) is 5.88. The minimum atomic E-state index is -0.957. The first-order valence-corrected chi connectivity index (χ1v) is 6.26. The first-order chi connectivity index (χ1) is 8.54. The van der Waals surface area contributed by atoms with Gasteiger partial charge in [0.25, 0.3) is 0 Å². The lowest BCUT2D eigenvalue weighted by atomic mass is 10.2. The van der Waals surface area contributed by atoms with Gasteiger partial charge in [-0.3, -0.25) is 0 Å². The van der Waals surface area contributed by atoms with Crippen molar-refractivity contribution in [3.8, 4) is 0 Å². The summed E-state index contributed by atoms with van der Waals surface area (Å²) in [6, 6.07) is 2.13. The molecule has 0 saturated heterocycles. The smallest absolute Gasteiger partial charge is 0.338 e. The Bertz CT molecular complexity index is 376. The fourth-order valence-corrected chi connectivity index (χ4v) is 1.58. The molecule has 1 aromatic rings.